The van der Waals surface area contributed by atoms with Gasteiger partial charge in [-0.2, -0.15) is 13.5 Å². The normalized spacial score (nSPS) is 11.8. The molecule has 184 valence electrons. The molecule has 0 fully saturated rings. The van der Waals surface area contributed by atoms with Crippen LogP contribution in [-0.4, -0.2) is 56.6 Å². The fraction of sp³-hybridized carbons (Fsp3) is 0.391. The van der Waals surface area contributed by atoms with E-state index in [0.29, 0.717) is 36.8 Å². The Balaban J connectivity index is 1.56. The molecule has 0 radical (unpaired) electrons. The first-order valence-corrected chi connectivity index (χ1v) is 16.1. The van der Waals surface area contributed by atoms with Crippen LogP contribution in [0.1, 0.15) is 12.0 Å². The monoisotopic (exact) mass is 505 g/mol. The van der Waals surface area contributed by atoms with Gasteiger partial charge in [0.25, 0.3) is 10.1 Å². The number of nitrogens with zero attached hydrogens (tertiary/aromatic N) is 3. The molecule has 3 aromatic rings. The van der Waals surface area contributed by atoms with Crippen LogP contribution in [0.5, 0.6) is 17.4 Å². The van der Waals surface area contributed by atoms with Crippen molar-refractivity contribution in [3.63, 3.8) is 0 Å². The zero-order chi connectivity index (χ0) is 24.6. The molecular formula is C23H31N3O6SSi. The molecular weight excluding hydrogens is 474 g/mol. The SMILES string of the molecule is C[SiH](C)CCOCn1nccc1-c1ccc(Oc2ccc(CCCOS(C)(=O)=O)c(O)c2)nc1. The van der Waals surface area contributed by atoms with Gasteiger partial charge in [0.05, 0.1) is 18.6 Å². The summed E-state index contributed by atoms with van der Waals surface area (Å²) in [5, 5.41) is 14.6. The minimum atomic E-state index is -3.46. The smallest absolute Gasteiger partial charge is 0.264 e. The van der Waals surface area contributed by atoms with Gasteiger partial charge in [-0.1, -0.05) is 19.2 Å². The van der Waals surface area contributed by atoms with Gasteiger partial charge in [0.1, 0.15) is 18.2 Å². The first-order valence-electron chi connectivity index (χ1n) is 11.1. The molecule has 34 heavy (non-hydrogen) atoms. The quantitative estimate of drug-likeness (QED) is 0.212. The van der Waals surface area contributed by atoms with Crippen LogP contribution in [0.2, 0.25) is 19.1 Å². The molecule has 0 aliphatic carbocycles. The molecule has 0 saturated carbocycles. The van der Waals surface area contributed by atoms with Gasteiger partial charge in [0.2, 0.25) is 5.88 Å². The number of pyridine rings is 1. The lowest BCUT2D eigenvalue weighted by Crippen LogP contribution is -2.10. The molecule has 0 bridgehead atoms. The van der Waals surface area contributed by atoms with Gasteiger partial charge in [0.15, 0.2) is 0 Å². The van der Waals surface area contributed by atoms with Gasteiger partial charge in [-0.05, 0) is 42.6 Å². The fourth-order valence-corrected chi connectivity index (χ4v) is 4.21. The van der Waals surface area contributed by atoms with Crippen LogP contribution < -0.4 is 4.74 Å². The van der Waals surface area contributed by atoms with Crippen molar-refractivity contribution in [2.24, 2.45) is 0 Å². The Labute approximate surface area is 202 Å². The Morgan fingerprint density at radius 3 is 2.62 bits per heavy atom. The van der Waals surface area contributed by atoms with E-state index in [-0.39, 0.29) is 12.4 Å². The molecule has 2 aromatic heterocycles. The summed E-state index contributed by atoms with van der Waals surface area (Å²) in [4.78, 5) is 4.37. The maximum Gasteiger partial charge on any atom is 0.264 e. The first kappa shape index (κ1) is 25.9. The van der Waals surface area contributed by atoms with Gasteiger partial charge in [-0.3, -0.25) is 4.18 Å². The third kappa shape index (κ3) is 8.24. The van der Waals surface area contributed by atoms with Crippen molar-refractivity contribution in [2.75, 3.05) is 19.5 Å². The summed E-state index contributed by atoms with van der Waals surface area (Å²) in [6.45, 7) is 5.81. The van der Waals surface area contributed by atoms with E-state index in [0.717, 1.165) is 30.2 Å². The summed E-state index contributed by atoms with van der Waals surface area (Å²) in [7, 11) is -4.08. The maximum absolute atomic E-state index is 11.0. The second kappa shape index (κ2) is 12.1. The van der Waals surface area contributed by atoms with Crippen molar-refractivity contribution in [2.45, 2.75) is 38.7 Å². The third-order valence-corrected chi connectivity index (χ3v) is 6.95. The van der Waals surface area contributed by atoms with Gasteiger partial charge in [-0.25, -0.2) is 9.67 Å². The third-order valence-electron chi connectivity index (χ3n) is 4.97. The largest absolute Gasteiger partial charge is 0.508 e. The highest BCUT2D eigenvalue weighted by Crippen LogP contribution is 2.28. The van der Waals surface area contributed by atoms with Crippen molar-refractivity contribution >= 4 is 18.9 Å². The van der Waals surface area contributed by atoms with E-state index in [1.807, 2.05) is 12.1 Å². The molecule has 3 rings (SSSR count). The lowest BCUT2D eigenvalue weighted by atomic mass is 10.1. The number of aromatic hydroxyl groups is 1. The minimum absolute atomic E-state index is 0.0668. The summed E-state index contributed by atoms with van der Waals surface area (Å²) in [6.07, 6.45) is 5.39. The van der Waals surface area contributed by atoms with Crippen LogP contribution in [0.15, 0.2) is 48.8 Å². The van der Waals surface area contributed by atoms with Crippen LogP contribution >= 0.6 is 0 Å². The number of hydrogen-bond donors (Lipinski definition) is 1. The van der Waals surface area contributed by atoms with E-state index >= 15 is 0 Å². The topological polar surface area (TPSA) is 113 Å². The number of aryl methyl sites for hydroxylation is 1. The maximum atomic E-state index is 11.0. The minimum Gasteiger partial charge on any atom is -0.508 e. The van der Waals surface area contributed by atoms with E-state index in [1.165, 1.54) is 6.07 Å². The van der Waals surface area contributed by atoms with Gasteiger partial charge in [0, 0.05) is 45.5 Å². The Bertz CT molecular complexity index is 1170. The summed E-state index contributed by atoms with van der Waals surface area (Å²) in [6, 6.07) is 11.7. The van der Waals surface area contributed by atoms with Crippen molar-refractivity contribution in [1.82, 2.24) is 14.8 Å². The van der Waals surface area contributed by atoms with Crippen LogP contribution in [0.25, 0.3) is 11.3 Å². The fourth-order valence-electron chi connectivity index (χ4n) is 3.16. The molecule has 0 amide bonds. The molecule has 2 heterocycles. The molecule has 0 atom stereocenters. The van der Waals surface area contributed by atoms with Crippen molar-refractivity contribution in [1.29, 1.82) is 0 Å². The van der Waals surface area contributed by atoms with Crippen LogP contribution in [0.4, 0.5) is 0 Å². The zero-order valence-electron chi connectivity index (χ0n) is 19.7. The lowest BCUT2D eigenvalue weighted by molar-refractivity contribution is 0.0801. The number of aromatic nitrogens is 3. The summed E-state index contributed by atoms with van der Waals surface area (Å²) in [5.74, 6) is 0.903. The van der Waals surface area contributed by atoms with E-state index in [9.17, 15) is 13.5 Å². The van der Waals surface area contributed by atoms with Crippen LogP contribution in [0, 0.1) is 0 Å². The van der Waals surface area contributed by atoms with E-state index in [1.54, 1.807) is 35.3 Å². The number of ether oxygens (including phenoxy) is 2. The molecule has 11 heteroatoms. The predicted octanol–water partition coefficient (Wildman–Crippen LogP) is 3.81. The predicted molar refractivity (Wildman–Crippen MR) is 132 cm³/mol. The van der Waals surface area contributed by atoms with Crippen molar-refractivity contribution in [3.05, 3.63) is 54.4 Å². The highest BCUT2D eigenvalue weighted by atomic mass is 32.2. The first-order chi connectivity index (χ1) is 16.2. The van der Waals surface area contributed by atoms with Gasteiger partial charge in [-0.15, -0.1) is 0 Å². The van der Waals surface area contributed by atoms with Crippen LogP contribution in [-0.2, 0) is 32.2 Å². The van der Waals surface area contributed by atoms with E-state index in [4.69, 9.17) is 13.7 Å². The Kier molecular flexibility index (Phi) is 9.22. The zero-order valence-corrected chi connectivity index (χ0v) is 21.6. The van der Waals surface area contributed by atoms with Gasteiger partial charge < -0.3 is 14.6 Å². The number of hydrogen-bond acceptors (Lipinski definition) is 8. The van der Waals surface area contributed by atoms with E-state index < -0.39 is 18.9 Å². The second-order valence-electron chi connectivity index (χ2n) is 8.34. The molecule has 0 unspecified atom stereocenters. The number of phenolic OH excluding ortho intramolecular Hbond substituents is 1. The number of rotatable bonds is 13. The molecule has 9 nitrogen and oxygen atoms in total. The average molecular weight is 506 g/mol. The van der Waals surface area contributed by atoms with Gasteiger partial charge >= 0.3 is 0 Å². The highest BCUT2D eigenvalue weighted by Gasteiger charge is 2.09. The highest BCUT2D eigenvalue weighted by molar-refractivity contribution is 7.85. The summed E-state index contributed by atoms with van der Waals surface area (Å²) in [5.41, 5.74) is 2.47. The number of benzene rings is 1. The molecule has 1 N–H and O–H groups in total. The molecule has 0 saturated heterocycles. The molecule has 1 aromatic carbocycles. The van der Waals surface area contributed by atoms with Crippen molar-refractivity contribution in [3.8, 4) is 28.6 Å². The standard InChI is InChI=1S/C23H31N3O6SSi/c1-33(28,29)31-12-4-5-18-6-8-20(15-22(18)27)32-23-9-7-19(16-24-23)21-10-11-25-26(21)17-30-13-14-34(2)3/h6-11,15-16,27,34H,4-5,12-14,17H2,1-3H3. The molecule has 0 spiro atoms. The second-order valence-corrected chi connectivity index (χ2v) is 13.4. The Morgan fingerprint density at radius 1 is 1.12 bits per heavy atom. The summed E-state index contributed by atoms with van der Waals surface area (Å²) < 4.78 is 40.0. The molecule has 0 aliphatic heterocycles. The van der Waals surface area contributed by atoms with Crippen LogP contribution in [0.3, 0.4) is 0 Å². The Hall–Kier alpha value is -2.73. The molecule has 0 aliphatic rings. The van der Waals surface area contributed by atoms with Crippen molar-refractivity contribution < 1.29 is 27.2 Å². The summed E-state index contributed by atoms with van der Waals surface area (Å²) >= 11 is 0. The van der Waals surface area contributed by atoms with E-state index in [2.05, 4.69) is 23.2 Å². The Morgan fingerprint density at radius 2 is 1.94 bits per heavy atom. The number of phenols is 1. The lowest BCUT2D eigenvalue weighted by Gasteiger charge is -2.11. The average Bonchev–Trinajstić information content (AvgIpc) is 3.24.